The summed E-state index contributed by atoms with van der Waals surface area (Å²) in [6.45, 7) is 1.47. The molecule has 0 aliphatic heterocycles. The van der Waals surface area contributed by atoms with E-state index < -0.39 is 23.5 Å². The molecule has 1 unspecified atom stereocenters. The van der Waals surface area contributed by atoms with E-state index in [-0.39, 0.29) is 11.1 Å². The van der Waals surface area contributed by atoms with Crippen LogP contribution in [0.4, 0.5) is 13.2 Å². The third-order valence-electron chi connectivity index (χ3n) is 2.94. The average Bonchev–Trinajstić information content (AvgIpc) is 2.35. The number of benzene rings is 2. The molecule has 2 N–H and O–H groups in total. The quantitative estimate of drug-likeness (QED) is 0.876. The van der Waals surface area contributed by atoms with Crippen molar-refractivity contribution in [1.82, 2.24) is 0 Å². The first kappa shape index (κ1) is 14.1. The Morgan fingerprint density at radius 2 is 1.63 bits per heavy atom. The standard InChI is InChI=1S/C14H11BrF3N/c1-7-2-4-10(13(18)12(7)17)14(19)9-5-3-8(16)6-11(9)15/h2-6,14H,19H2,1H3. The third-order valence-corrected chi connectivity index (χ3v) is 3.62. The van der Waals surface area contributed by atoms with Gasteiger partial charge in [0.25, 0.3) is 0 Å². The number of rotatable bonds is 2. The Morgan fingerprint density at radius 1 is 1.00 bits per heavy atom. The highest BCUT2D eigenvalue weighted by Crippen LogP contribution is 2.30. The molecule has 0 fully saturated rings. The van der Waals surface area contributed by atoms with E-state index in [0.717, 1.165) is 0 Å². The summed E-state index contributed by atoms with van der Waals surface area (Å²) in [5.74, 6) is -2.31. The van der Waals surface area contributed by atoms with Crippen molar-refractivity contribution in [2.45, 2.75) is 13.0 Å². The molecular weight excluding hydrogens is 319 g/mol. The van der Waals surface area contributed by atoms with Crippen molar-refractivity contribution in [3.8, 4) is 0 Å². The highest BCUT2D eigenvalue weighted by molar-refractivity contribution is 9.10. The summed E-state index contributed by atoms with van der Waals surface area (Å²) < 4.78 is 40.8. The average molecular weight is 330 g/mol. The van der Waals surface area contributed by atoms with Crippen LogP contribution in [0.2, 0.25) is 0 Å². The van der Waals surface area contributed by atoms with Crippen LogP contribution >= 0.6 is 15.9 Å². The molecular formula is C14H11BrF3N. The molecule has 2 aromatic rings. The van der Waals surface area contributed by atoms with Crippen molar-refractivity contribution < 1.29 is 13.2 Å². The van der Waals surface area contributed by atoms with Gasteiger partial charge in [-0.1, -0.05) is 34.1 Å². The van der Waals surface area contributed by atoms with Crippen LogP contribution in [0.3, 0.4) is 0 Å². The number of hydrogen-bond acceptors (Lipinski definition) is 1. The van der Waals surface area contributed by atoms with Gasteiger partial charge in [0.1, 0.15) is 5.82 Å². The van der Waals surface area contributed by atoms with E-state index in [1.54, 1.807) is 0 Å². The second kappa shape index (κ2) is 5.35. The van der Waals surface area contributed by atoms with Gasteiger partial charge in [-0.25, -0.2) is 13.2 Å². The molecule has 2 aromatic carbocycles. The fourth-order valence-corrected chi connectivity index (χ4v) is 2.42. The molecule has 0 bridgehead atoms. The maximum Gasteiger partial charge on any atom is 0.164 e. The Morgan fingerprint density at radius 3 is 2.26 bits per heavy atom. The van der Waals surface area contributed by atoms with Crippen LogP contribution in [-0.2, 0) is 0 Å². The van der Waals surface area contributed by atoms with Gasteiger partial charge < -0.3 is 5.73 Å². The predicted octanol–water partition coefficient (Wildman–Crippen LogP) is 4.22. The fourth-order valence-electron chi connectivity index (χ4n) is 1.82. The first-order valence-corrected chi connectivity index (χ1v) is 6.36. The zero-order chi connectivity index (χ0) is 14.2. The largest absolute Gasteiger partial charge is 0.320 e. The summed E-state index contributed by atoms with van der Waals surface area (Å²) in [6, 6.07) is 5.94. The maximum absolute atomic E-state index is 13.9. The number of halogens is 4. The molecule has 0 saturated heterocycles. The van der Waals surface area contributed by atoms with Gasteiger partial charge in [-0.05, 0) is 30.2 Å². The molecule has 0 aliphatic rings. The highest BCUT2D eigenvalue weighted by atomic mass is 79.9. The van der Waals surface area contributed by atoms with Gasteiger partial charge in [0.15, 0.2) is 11.6 Å². The number of aryl methyl sites for hydroxylation is 1. The van der Waals surface area contributed by atoms with Gasteiger partial charge in [-0.15, -0.1) is 0 Å². The summed E-state index contributed by atoms with van der Waals surface area (Å²) in [5.41, 5.74) is 6.67. The van der Waals surface area contributed by atoms with E-state index in [4.69, 9.17) is 5.73 Å². The number of nitrogens with two attached hydrogens (primary N) is 1. The number of hydrogen-bond donors (Lipinski definition) is 1. The predicted molar refractivity (Wildman–Crippen MR) is 71.2 cm³/mol. The van der Waals surface area contributed by atoms with E-state index in [9.17, 15) is 13.2 Å². The molecule has 0 amide bonds. The fraction of sp³-hybridized carbons (Fsp3) is 0.143. The van der Waals surface area contributed by atoms with Gasteiger partial charge in [-0.2, -0.15) is 0 Å². The molecule has 0 radical (unpaired) electrons. The Labute approximate surface area is 117 Å². The van der Waals surface area contributed by atoms with Crippen LogP contribution in [0.1, 0.15) is 22.7 Å². The lowest BCUT2D eigenvalue weighted by atomic mass is 9.98. The highest BCUT2D eigenvalue weighted by Gasteiger charge is 2.19. The van der Waals surface area contributed by atoms with Crippen LogP contribution in [0.15, 0.2) is 34.8 Å². The van der Waals surface area contributed by atoms with E-state index >= 15 is 0 Å². The Hall–Kier alpha value is -1.33. The molecule has 2 rings (SSSR count). The van der Waals surface area contributed by atoms with Gasteiger partial charge in [0.2, 0.25) is 0 Å². The third kappa shape index (κ3) is 2.67. The van der Waals surface area contributed by atoms with Crippen molar-refractivity contribution in [3.05, 3.63) is 68.9 Å². The summed E-state index contributed by atoms with van der Waals surface area (Å²) in [5, 5.41) is 0. The lowest BCUT2D eigenvalue weighted by molar-refractivity contribution is 0.489. The molecule has 0 spiro atoms. The van der Waals surface area contributed by atoms with Crippen LogP contribution in [0.25, 0.3) is 0 Å². The lowest BCUT2D eigenvalue weighted by Gasteiger charge is -2.16. The SMILES string of the molecule is Cc1ccc(C(N)c2ccc(F)cc2Br)c(F)c1F. The summed E-state index contributed by atoms with van der Waals surface area (Å²) in [7, 11) is 0. The molecule has 0 aromatic heterocycles. The zero-order valence-electron chi connectivity index (χ0n) is 10.1. The zero-order valence-corrected chi connectivity index (χ0v) is 11.6. The first-order valence-electron chi connectivity index (χ1n) is 5.57. The molecule has 19 heavy (non-hydrogen) atoms. The molecule has 100 valence electrons. The smallest absolute Gasteiger partial charge is 0.164 e. The van der Waals surface area contributed by atoms with E-state index in [2.05, 4.69) is 15.9 Å². The van der Waals surface area contributed by atoms with Crippen molar-refractivity contribution in [2.24, 2.45) is 5.73 Å². The monoisotopic (exact) mass is 329 g/mol. The lowest BCUT2D eigenvalue weighted by Crippen LogP contribution is -2.15. The van der Waals surface area contributed by atoms with Crippen molar-refractivity contribution in [1.29, 1.82) is 0 Å². The minimum absolute atomic E-state index is 0.0374. The van der Waals surface area contributed by atoms with Crippen LogP contribution in [0, 0.1) is 24.4 Å². The van der Waals surface area contributed by atoms with Gasteiger partial charge in [0, 0.05) is 10.0 Å². The van der Waals surface area contributed by atoms with E-state index in [1.165, 1.54) is 37.3 Å². The van der Waals surface area contributed by atoms with Crippen LogP contribution in [0.5, 0.6) is 0 Å². The van der Waals surface area contributed by atoms with Crippen molar-refractivity contribution in [3.63, 3.8) is 0 Å². The minimum Gasteiger partial charge on any atom is -0.320 e. The van der Waals surface area contributed by atoms with Crippen molar-refractivity contribution >= 4 is 15.9 Å². The maximum atomic E-state index is 13.9. The summed E-state index contributed by atoms with van der Waals surface area (Å²) in [4.78, 5) is 0. The summed E-state index contributed by atoms with van der Waals surface area (Å²) in [6.07, 6.45) is 0. The molecule has 0 aliphatic carbocycles. The van der Waals surface area contributed by atoms with Crippen LogP contribution in [-0.4, -0.2) is 0 Å². The molecule has 0 saturated carbocycles. The molecule has 1 nitrogen and oxygen atoms in total. The second-order valence-corrected chi connectivity index (χ2v) is 5.10. The minimum atomic E-state index is -0.969. The van der Waals surface area contributed by atoms with Gasteiger partial charge in [0.05, 0.1) is 6.04 Å². The van der Waals surface area contributed by atoms with E-state index in [0.29, 0.717) is 10.0 Å². The van der Waals surface area contributed by atoms with E-state index in [1.807, 2.05) is 0 Å². The normalized spacial score (nSPS) is 12.5. The first-order chi connectivity index (χ1) is 8.91. The van der Waals surface area contributed by atoms with Crippen molar-refractivity contribution in [2.75, 3.05) is 0 Å². The topological polar surface area (TPSA) is 26.0 Å². The second-order valence-electron chi connectivity index (χ2n) is 4.24. The molecule has 1 atom stereocenters. The Balaban J connectivity index is 2.50. The van der Waals surface area contributed by atoms with Crippen LogP contribution < -0.4 is 5.73 Å². The summed E-state index contributed by atoms with van der Waals surface area (Å²) >= 11 is 3.17. The Bertz CT molecular complexity index is 628. The van der Waals surface area contributed by atoms with Gasteiger partial charge in [-0.3, -0.25) is 0 Å². The Kier molecular flexibility index (Phi) is 3.96. The molecule has 5 heteroatoms. The van der Waals surface area contributed by atoms with Gasteiger partial charge >= 0.3 is 0 Å². The molecule has 0 heterocycles.